The molecule has 0 spiro atoms. The number of rotatable bonds is 14. The largest absolute Gasteiger partial charge is 0.355 e. The molecule has 0 atom stereocenters. The molecule has 2 aliphatic carbocycles. The summed E-state index contributed by atoms with van der Waals surface area (Å²) in [6.45, 7) is 17.6. The van der Waals surface area contributed by atoms with Crippen molar-refractivity contribution in [2.45, 2.75) is 132 Å². The quantitative estimate of drug-likeness (QED) is 0.123. The third-order valence-electron chi connectivity index (χ3n) is 13.3. The van der Waals surface area contributed by atoms with Crippen molar-refractivity contribution in [2.24, 2.45) is 0 Å². The van der Waals surface area contributed by atoms with Crippen LogP contribution >= 0.6 is 34.8 Å². The maximum absolute atomic E-state index is 13.4. The highest BCUT2D eigenvalue weighted by molar-refractivity contribution is 6.64. The van der Waals surface area contributed by atoms with E-state index in [0.29, 0.717) is 49.7 Å². The van der Waals surface area contributed by atoms with E-state index in [9.17, 15) is 19.2 Å². The zero-order chi connectivity index (χ0) is 45.4. The number of ketones is 4. The normalized spacial score (nSPS) is 16.0. The van der Waals surface area contributed by atoms with Crippen molar-refractivity contribution < 1.29 is 19.2 Å². The summed E-state index contributed by atoms with van der Waals surface area (Å²) in [7, 11) is 0. The molecule has 0 aromatic carbocycles. The van der Waals surface area contributed by atoms with Crippen molar-refractivity contribution in [3.05, 3.63) is 113 Å². The maximum Gasteiger partial charge on any atom is 0.217 e. The summed E-state index contributed by atoms with van der Waals surface area (Å²) in [5.41, 5.74) is 20.2. The van der Waals surface area contributed by atoms with Crippen LogP contribution in [0.1, 0.15) is 150 Å². The van der Waals surface area contributed by atoms with Crippen LogP contribution in [0.15, 0.2) is 62.2 Å². The second-order valence-electron chi connectivity index (χ2n) is 16.9. The van der Waals surface area contributed by atoms with Gasteiger partial charge < -0.3 is 9.97 Å². The number of carbonyl (C=O) groups excluding carboxylic acids is 4. The minimum Gasteiger partial charge on any atom is -0.355 e. The minimum absolute atomic E-state index is 0.117. The summed E-state index contributed by atoms with van der Waals surface area (Å²) in [6, 6.07) is 6.71. The summed E-state index contributed by atoms with van der Waals surface area (Å²) in [6.07, 6.45) is 10.6. The molecule has 2 aliphatic heterocycles. The number of unbranched alkanes of at least 4 members (excludes halogenated alkanes) is 2. The predicted molar refractivity (Wildman–Crippen MR) is 259 cm³/mol. The van der Waals surface area contributed by atoms with Crippen LogP contribution in [0.2, 0.25) is 0 Å². The Morgan fingerprint density at radius 1 is 0.476 bits per heavy atom. The summed E-state index contributed by atoms with van der Waals surface area (Å²) in [5, 5.41) is -0.937. The number of hydrogen-bond donors (Lipinski definition) is 2. The number of halogens is 3. The monoisotopic (exact) mass is 904 g/mol. The van der Waals surface area contributed by atoms with Gasteiger partial charge in [-0.1, -0.05) is 62.5 Å². The van der Waals surface area contributed by atoms with Gasteiger partial charge in [0.1, 0.15) is 10.1 Å². The Hall–Kier alpha value is -4.89. The minimum atomic E-state index is -0.670. The number of nitrogens with one attached hydrogen (secondary N) is 2. The number of fused-ring (bicyclic) bond motifs is 8. The van der Waals surface area contributed by atoms with E-state index in [2.05, 4.69) is 83.6 Å². The van der Waals surface area contributed by atoms with Crippen molar-refractivity contribution in [2.75, 3.05) is 0 Å². The Kier molecular flexibility index (Phi) is 14.0. The number of aromatic amines is 2. The average Bonchev–Trinajstić information content (AvgIpc) is 3.95. The molecule has 3 aromatic rings. The zero-order valence-corrected chi connectivity index (χ0v) is 39.8. The van der Waals surface area contributed by atoms with Gasteiger partial charge in [-0.2, -0.15) is 0 Å². The van der Waals surface area contributed by atoms with Crippen LogP contribution in [0.4, 0.5) is 0 Å². The molecule has 7 rings (SSSR count). The molecule has 8 nitrogen and oxygen atoms in total. The van der Waals surface area contributed by atoms with Gasteiger partial charge in [-0.25, -0.2) is 9.97 Å². The Balaban J connectivity index is 1.18. The van der Waals surface area contributed by atoms with Crippen molar-refractivity contribution in [3.63, 3.8) is 0 Å². The van der Waals surface area contributed by atoms with Gasteiger partial charge in [0.25, 0.3) is 0 Å². The number of allylic oxidation sites excluding steroid dienone is 12. The van der Waals surface area contributed by atoms with Crippen LogP contribution in [0.3, 0.4) is 0 Å². The Morgan fingerprint density at radius 3 is 1.35 bits per heavy atom. The summed E-state index contributed by atoms with van der Waals surface area (Å²) < 4.78 is 0. The van der Waals surface area contributed by atoms with E-state index in [0.717, 1.165) is 93.7 Å². The van der Waals surface area contributed by atoms with Gasteiger partial charge in [-0.15, -0.1) is 0 Å². The molecule has 0 radical (unpaired) electrons. The van der Waals surface area contributed by atoms with Crippen molar-refractivity contribution >= 4 is 102 Å². The average molecular weight is 906 g/mol. The summed E-state index contributed by atoms with van der Waals surface area (Å²) in [5.74, 6) is -1.57. The zero-order valence-electron chi connectivity index (χ0n) is 37.5. The van der Waals surface area contributed by atoms with Crippen LogP contribution in [-0.4, -0.2) is 43.1 Å². The van der Waals surface area contributed by atoms with Crippen LogP contribution in [0, 0.1) is 13.8 Å². The summed E-state index contributed by atoms with van der Waals surface area (Å²) in [4.78, 5) is 69.9. The van der Waals surface area contributed by atoms with Gasteiger partial charge in [-0.3, -0.25) is 19.2 Å². The van der Waals surface area contributed by atoms with Crippen molar-refractivity contribution in [1.29, 1.82) is 0 Å². The second-order valence-corrected chi connectivity index (χ2v) is 18.0. The van der Waals surface area contributed by atoms with Gasteiger partial charge in [0, 0.05) is 44.3 Å². The first-order valence-electron chi connectivity index (χ1n) is 22.3. The molecule has 11 heteroatoms. The molecule has 3 aromatic heterocycles. The smallest absolute Gasteiger partial charge is 0.217 e. The highest BCUT2D eigenvalue weighted by Gasteiger charge is 2.32. The fourth-order valence-electron chi connectivity index (χ4n) is 9.66. The maximum atomic E-state index is 13.4. The van der Waals surface area contributed by atoms with Gasteiger partial charge in [0.15, 0.2) is 11.6 Å². The van der Waals surface area contributed by atoms with Gasteiger partial charge in [-0.05, 0) is 180 Å². The number of aromatic nitrogens is 4. The molecule has 0 amide bonds. The topological polar surface area (TPSA) is 126 Å². The van der Waals surface area contributed by atoms with E-state index < -0.39 is 11.6 Å². The molecule has 0 saturated carbocycles. The first-order chi connectivity index (χ1) is 30.1. The third-order valence-corrected chi connectivity index (χ3v) is 14.5. The van der Waals surface area contributed by atoms with Crippen LogP contribution in [0.5, 0.6) is 0 Å². The Labute approximate surface area is 384 Å². The van der Waals surface area contributed by atoms with E-state index in [1.54, 1.807) is 0 Å². The molecule has 4 aliphatic rings. The molecular formula is C52H55Cl3N4O4. The third kappa shape index (κ3) is 8.71. The van der Waals surface area contributed by atoms with Gasteiger partial charge in [0.2, 0.25) is 11.6 Å². The fraction of sp³-hybridized carbons (Fsp3) is 0.385. The Bertz CT molecular complexity index is 2760. The lowest BCUT2D eigenvalue weighted by atomic mass is 9.89. The molecular weight excluding hydrogens is 851 g/mol. The van der Waals surface area contributed by atoms with Gasteiger partial charge >= 0.3 is 0 Å². The first-order valence-corrected chi connectivity index (χ1v) is 23.5. The van der Waals surface area contributed by atoms with E-state index >= 15 is 0 Å². The molecule has 8 bridgehead atoms. The Morgan fingerprint density at radius 2 is 0.905 bits per heavy atom. The predicted octanol–water partition coefficient (Wildman–Crippen LogP) is 13.3. The van der Waals surface area contributed by atoms with Crippen LogP contribution in [-0.2, 0) is 38.4 Å². The molecule has 63 heavy (non-hydrogen) atoms. The lowest BCUT2D eigenvalue weighted by Crippen LogP contribution is -2.18. The number of hydrogen-bond acceptors (Lipinski definition) is 6. The van der Waals surface area contributed by atoms with Crippen molar-refractivity contribution in [1.82, 2.24) is 19.9 Å². The molecule has 5 heterocycles. The number of aryl methyl sites for hydroxylation is 4. The highest BCUT2D eigenvalue weighted by atomic mass is 35.5. The van der Waals surface area contributed by atoms with Crippen molar-refractivity contribution in [3.8, 4) is 0 Å². The van der Waals surface area contributed by atoms with E-state index in [1.807, 2.05) is 0 Å². The fourth-order valence-corrected chi connectivity index (χ4v) is 10.4. The SMILES string of the molecule is CCC1=C(C)c2nc1cc1[nH]c(cc3[nH]c(cc4nc(c2CCCCC2=CC(=O)C(CCCCC5=C(Cl)C(=O)C(Cl)=C(Cl)C5=O)=CC2=O)C(C)=C4CC)c(CC)c3C)c(C)c1CC. The van der Waals surface area contributed by atoms with Crippen LogP contribution in [0.25, 0.3) is 44.4 Å². The number of Topliss-reactive ketones (excluding diaryl/α,β-unsaturated/α-hetero) is 2. The molecule has 0 saturated heterocycles. The van der Waals surface area contributed by atoms with E-state index in [1.165, 1.54) is 45.6 Å². The van der Waals surface area contributed by atoms with Crippen LogP contribution < -0.4 is 0 Å². The molecule has 0 fully saturated rings. The number of carbonyl (C=O) groups is 4. The molecule has 0 unspecified atom stereocenters. The standard InChI is InChI=1S/C52H55Cl3N4O4/c1-9-32-26(5)38-23-39-27(6)33(10-2)41(57-39)25-43-35(12-4)29(8)50(59-43)37(49-28(7)34(11-3)42(58-49)24-40(32)56-38)20-16-14-18-31-22-44(60)30(21-45(31)61)17-13-15-19-36-46(53)52(63)48(55)47(54)51(36)62/h21-25,56-57H,9-20H2,1-8H3. The number of nitrogens with zero attached hydrogens (tertiary/aromatic N) is 2. The first kappa shape index (κ1) is 46.1. The second kappa shape index (κ2) is 19.1. The molecule has 328 valence electrons. The van der Waals surface area contributed by atoms with E-state index in [4.69, 9.17) is 44.8 Å². The lowest BCUT2D eigenvalue weighted by Gasteiger charge is -2.15. The summed E-state index contributed by atoms with van der Waals surface area (Å²) >= 11 is 17.9. The highest BCUT2D eigenvalue weighted by Crippen LogP contribution is 2.41. The number of H-pyrrole nitrogens is 2. The lowest BCUT2D eigenvalue weighted by molar-refractivity contribution is -0.115. The molecule has 2 N–H and O–H groups in total. The van der Waals surface area contributed by atoms with E-state index in [-0.39, 0.29) is 38.7 Å². The van der Waals surface area contributed by atoms with Gasteiger partial charge in [0.05, 0.1) is 27.8 Å².